The summed E-state index contributed by atoms with van der Waals surface area (Å²) < 4.78 is 172. The number of benzene rings is 4. The van der Waals surface area contributed by atoms with E-state index in [1.165, 1.54) is 42.5 Å². The van der Waals surface area contributed by atoms with Gasteiger partial charge in [0.15, 0.2) is 0 Å². The maximum atomic E-state index is 14.0. The molecule has 7 nitrogen and oxygen atoms in total. The number of ether oxygens (including phenoxy) is 2. The van der Waals surface area contributed by atoms with Crippen molar-refractivity contribution in [2.75, 3.05) is 13.1 Å². The third-order valence-corrected chi connectivity index (χ3v) is 12.8. The largest absolute Gasteiger partial charge is 0.490 e. The number of carbonyl (C=O) groups excluding carboxylic acids is 1. The van der Waals surface area contributed by atoms with Crippen LogP contribution in [-0.2, 0) is 23.7 Å². The highest BCUT2D eigenvalue weighted by atomic mass is 19.4. The van der Waals surface area contributed by atoms with Crippen molar-refractivity contribution < 1.29 is 82.0 Å². The number of alkyl halides is 12. The molecule has 4 fully saturated rings. The second kappa shape index (κ2) is 21.5. The molecule has 4 aliphatic rings. The van der Waals surface area contributed by atoms with Gasteiger partial charge in [0, 0.05) is 63.6 Å². The van der Waals surface area contributed by atoms with E-state index in [9.17, 15) is 62.3 Å². The van der Waals surface area contributed by atoms with E-state index in [4.69, 9.17) is 19.7 Å². The number of aliphatic hydroxyl groups excluding tert-OH is 1. The number of hydrogen-bond acceptors (Lipinski definition) is 6. The number of rotatable bonds is 9. The normalized spacial score (nSPS) is 21.5. The number of aldehydes is 1. The first-order valence-corrected chi connectivity index (χ1v) is 22.6. The monoisotopic (exact) mass is 979 g/mol. The van der Waals surface area contributed by atoms with Crippen molar-refractivity contribution >= 4 is 33.8 Å². The van der Waals surface area contributed by atoms with Gasteiger partial charge in [-0.3, -0.25) is 14.5 Å². The van der Waals surface area contributed by atoms with Gasteiger partial charge in [-0.2, -0.15) is 26.3 Å². The van der Waals surface area contributed by atoms with Gasteiger partial charge >= 0.3 is 18.3 Å². The van der Waals surface area contributed by atoms with Crippen molar-refractivity contribution in [3.05, 3.63) is 82.9 Å². The van der Waals surface area contributed by atoms with Crippen molar-refractivity contribution in [1.82, 2.24) is 4.90 Å². The third-order valence-electron chi connectivity index (χ3n) is 12.8. The Morgan fingerprint density at radius 2 is 1.10 bits per heavy atom. The van der Waals surface area contributed by atoms with E-state index in [0.717, 1.165) is 24.9 Å². The number of fused-ring (bicyclic) bond motifs is 2. The van der Waals surface area contributed by atoms with Gasteiger partial charge in [-0.15, -0.1) is 0 Å². The van der Waals surface area contributed by atoms with Crippen LogP contribution in [0.25, 0.3) is 21.5 Å². The molecule has 0 spiro atoms. The van der Waals surface area contributed by atoms with Crippen LogP contribution in [0.4, 0.5) is 52.7 Å². The van der Waals surface area contributed by atoms with Crippen LogP contribution in [0.2, 0.25) is 0 Å². The van der Waals surface area contributed by atoms with Gasteiger partial charge in [0.05, 0.1) is 18.3 Å². The summed E-state index contributed by atoms with van der Waals surface area (Å²) in [7, 11) is 0. The fourth-order valence-corrected chi connectivity index (χ4v) is 9.25. The molecule has 68 heavy (non-hydrogen) atoms. The average molecular weight is 980 g/mol. The number of nitrogens with zero attached hydrogens (tertiary/aromatic N) is 1. The Hall–Kier alpha value is -4.78. The van der Waals surface area contributed by atoms with Gasteiger partial charge in [0.1, 0.15) is 28.9 Å². The topological polar surface area (TPSA) is 96.3 Å². The number of carboxylic acids is 1. The SMILES string of the molecule is O=C(O)C[C@H]1CCCN(Cc2ccc3c(C(F)(F)F)c(OC4CCC(F)(F)CC4)ccc3c2)C1.O=Cc1ccc2c(C(F)(F)F)c(OC3CCC(F)(F)CC3)ccc2c1.OC1CCC(F)(F)CC1. The molecule has 19 heteroatoms. The van der Waals surface area contributed by atoms with Gasteiger partial charge < -0.3 is 19.7 Å². The van der Waals surface area contributed by atoms with Crippen LogP contribution in [-0.4, -0.2) is 76.5 Å². The summed E-state index contributed by atoms with van der Waals surface area (Å²) in [5.41, 5.74) is -0.711. The molecule has 3 aliphatic carbocycles. The molecule has 2 N–H and O–H groups in total. The lowest BCUT2D eigenvalue weighted by Crippen LogP contribution is -2.35. The zero-order chi connectivity index (χ0) is 49.7. The third kappa shape index (κ3) is 14.6. The van der Waals surface area contributed by atoms with E-state index < -0.39 is 78.4 Å². The average Bonchev–Trinajstić information content (AvgIpc) is 3.25. The molecule has 0 amide bonds. The van der Waals surface area contributed by atoms with Crippen LogP contribution < -0.4 is 9.47 Å². The molecule has 1 atom stereocenters. The molecule has 4 aromatic carbocycles. The minimum absolute atomic E-state index is 0.00636. The van der Waals surface area contributed by atoms with Crippen molar-refractivity contribution in [3.8, 4) is 11.5 Å². The van der Waals surface area contributed by atoms with E-state index in [0.29, 0.717) is 24.8 Å². The molecule has 3 saturated carbocycles. The van der Waals surface area contributed by atoms with Crippen LogP contribution in [0.5, 0.6) is 11.5 Å². The summed E-state index contributed by atoms with van der Waals surface area (Å²) in [6.45, 7) is 1.99. The van der Waals surface area contributed by atoms with Crippen LogP contribution >= 0.6 is 0 Å². The van der Waals surface area contributed by atoms with Gasteiger partial charge in [-0.05, 0) is 115 Å². The number of carboxylic acid groups (broad SMARTS) is 1. The van der Waals surface area contributed by atoms with Crippen molar-refractivity contribution in [2.45, 2.75) is 151 Å². The Balaban J connectivity index is 0.000000195. The van der Waals surface area contributed by atoms with E-state index in [1.54, 1.807) is 18.2 Å². The van der Waals surface area contributed by atoms with Gasteiger partial charge in [0.25, 0.3) is 0 Å². The van der Waals surface area contributed by atoms with Crippen LogP contribution in [0.15, 0.2) is 60.7 Å². The molecule has 1 heterocycles. The standard InChI is InChI=1S/C25H28F5NO3.C18H15F5O2.C6H10F2O/c26-24(27)9-7-19(8-10-24)34-21-6-4-18-12-17(3-5-20(18)23(21)25(28,29)30)15-31-11-1-2-16(14-31)13-22(32)33;19-17(20)7-5-13(6-8-17)25-15-4-2-12-9-11(10-24)1-3-14(12)16(15)18(21,22)23;7-6(8)3-1-5(9)2-4-6/h3-6,12,16,19H,1-2,7-11,13-15H2,(H,32,33);1-4,9-10,13H,5-8H2;5,9H,1-4H2/t16-;;/m1../s1. The maximum Gasteiger partial charge on any atom is 0.420 e. The second-order valence-corrected chi connectivity index (χ2v) is 18.3. The minimum Gasteiger partial charge on any atom is -0.490 e. The van der Waals surface area contributed by atoms with Crippen molar-refractivity contribution in [3.63, 3.8) is 0 Å². The van der Waals surface area contributed by atoms with Crippen molar-refractivity contribution in [1.29, 1.82) is 0 Å². The molecule has 8 rings (SSSR count). The summed E-state index contributed by atoms with van der Waals surface area (Å²) in [5, 5.41) is 18.5. The molecule has 1 saturated heterocycles. The number of aliphatic hydroxyl groups is 1. The molecule has 0 radical (unpaired) electrons. The number of carbonyl (C=O) groups is 2. The summed E-state index contributed by atoms with van der Waals surface area (Å²) in [6, 6.07) is 14.2. The highest BCUT2D eigenvalue weighted by Gasteiger charge is 2.42. The Labute approximate surface area is 384 Å². The number of piperidine rings is 1. The van der Waals surface area contributed by atoms with E-state index in [1.807, 2.05) is 0 Å². The molecule has 374 valence electrons. The molecule has 0 bridgehead atoms. The first-order valence-electron chi connectivity index (χ1n) is 22.6. The zero-order valence-corrected chi connectivity index (χ0v) is 36.9. The lowest BCUT2D eigenvalue weighted by atomic mass is 9.93. The lowest BCUT2D eigenvalue weighted by Gasteiger charge is -2.32. The number of aliphatic carboxylic acids is 1. The Bertz CT molecular complexity index is 2340. The maximum absolute atomic E-state index is 14.0. The van der Waals surface area contributed by atoms with E-state index in [2.05, 4.69) is 4.90 Å². The quantitative estimate of drug-likeness (QED) is 0.127. The fourth-order valence-electron chi connectivity index (χ4n) is 9.25. The first kappa shape index (κ1) is 52.6. The fraction of sp³-hybridized carbons (Fsp3) is 0.551. The van der Waals surface area contributed by atoms with Crippen LogP contribution in [0.3, 0.4) is 0 Å². The predicted octanol–water partition coefficient (Wildman–Crippen LogP) is 13.7. The molecular formula is C49H53F12NO6. The van der Waals surface area contributed by atoms with Crippen molar-refractivity contribution in [2.24, 2.45) is 5.92 Å². The summed E-state index contributed by atoms with van der Waals surface area (Å²) in [6.07, 6.45) is -10.0. The molecule has 4 aromatic rings. The number of hydrogen-bond donors (Lipinski definition) is 2. The highest BCUT2D eigenvalue weighted by molar-refractivity contribution is 5.93. The summed E-state index contributed by atoms with van der Waals surface area (Å²) in [5.74, 6) is -9.50. The van der Waals surface area contributed by atoms with Crippen LogP contribution in [0, 0.1) is 5.92 Å². The molecular weight excluding hydrogens is 927 g/mol. The van der Waals surface area contributed by atoms with Gasteiger partial charge in [-0.1, -0.05) is 36.4 Å². The summed E-state index contributed by atoms with van der Waals surface area (Å²) in [4.78, 5) is 24.0. The van der Waals surface area contributed by atoms with E-state index >= 15 is 0 Å². The van der Waals surface area contributed by atoms with E-state index in [-0.39, 0.29) is 110 Å². The van der Waals surface area contributed by atoms with Crippen LogP contribution in [0.1, 0.15) is 123 Å². The minimum atomic E-state index is -4.67. The smallest absolute Gasteiger partial charge is 0.420 e. The first-order chi connectivity index (χ1) is 31.8. The highest BCUT2D eigenvalue weighted by Crippen LogP contribution is 2.45. The Kier molecular flexibility index (Phi) is 16.6. The molecule has 0 aromatic heterocycles. The van der Waals surface area contributed by atoms with Gasteiger partial charge in [-0.25, -0.2) is 26.3 Å². The molecule has 1 aliphatic heterocycles. The Morgan fingerprint density at radius 1 is 0.647 bits per heavy atom. The predicted molar refractivity (Wildman–Crippen MR) is 229 cm³/mol. The second-order valence-electron chi connectivity index (χ2n) is 18.3. The Morgan fingerprint density at radius 3 is 1.54 bits per heavy atom. The summed E-state index contributed by atoms with van der Waals surface area (Å²) >= 11 is 0. The number of likely N-dealkylation sites (tertiary alicyclic amines) is 1. The zero-order valence-electron chi connectivity index (χ0n) is 36.9. The molecule has 0 unspecified atom stereocenters. The lowest BCUT2D eigenvalue weighted by molar-refractivity contribution is -0.139. The number of halogens is 12. The van der Waals surface area contributed by atoms with Gasteiger partial charge in [0.2, 0.25) is 17.8 Å².